The molecule has 1 N–H and O–H groups in total. The predicted molar refractivity (Wildman–Crippen MR) is 98.5 cm³/mol. The number of aromatic nitrogens is 2. The minimum Gasteiger partial charge on any atom is -0.326 e. The van der Waals surface area contributed by atoms with Crippen LogP contribution >= 0.6 is 22.6 Å². The van der Waals surface area contributed by atoms with E-state index in [-0.39, 0.29) is 17.9 Å². The summed E-state index contributed by atoms with van der Waals surface area (Å²) in [6, 6.07) is 14.8. The molecular weight excluding hydrogens is 405 g/mol. The average molecular weight is 419 g/mol. The molecule has 0 saturated carbocycles. The molecule has 6 heteroatoms. The molecule has 0 radical (unpaired) electrons. The molecule has 1 aromatic heterocycles. The van der Waals surface area contributed by atoms with Crippen LogP contribution in [-0.2, 0) is 18.3 Å². The van der Waals surface area contributed by atoms with E-state index in [1.165, 1.54) is 4.68 Å². The van der Waals surface area contributed by atoms with Gasteiger partial charge in [0.2, 0.25) is 5.91 Å². The summed E-state index contributed by atoms with van der Waals surface area (Å²) in [7, 11) is 1.59. The van der Waals surface area contributed by atoms with Crippen molar-refractivity contribution in [3.63, 3.8) is 0 Å². The zero-order valence-corrected chi connectivity index (χ0v) is 14.6. The number of carbonyl (C=O) groups is 1. The number of hydrogen-bond acceptors (Lipinski definition) is 3. The molecule has 0 aliphatic rings. The summed E-state index contributed by atoms with van der Waals surface area (Å²) in [5.41, 5.74) is 1.16. The van der Waals surface area contributed by atoms with Crippen LogP contribution in [0.15, 0.2) is 53.3 Å². The molecule has 5 nitrogen and oxygen atoms in total. The third kappa shape index (κ3) is 3.42. The van der Waals surface area contributed by atoms with Crippen molar-refractivity contribution in [3.8, 4) is 0 Å². The summed E-state index contributed by atoms with van der Waals surface area (Å²) in [6.07, 6.45) is 0.112. The van der Waals surface area contributed by atoms with Gasteiger partial charge in [0.1, 0.15) is 0 Å². The lowest BCUT2D eigenvalue weighted by Gasteiger charge is -2.09. The molecule has 0 bridgehead atoms. The first kappa shape index (κ1) is 15.7. The predicted octanol–water partition coefficient (Wildman–Crippen LogP) is 2.72. The lowest BCUT2D eigenvalue weighted by Crippen LogP contribution is -2.24. The highest BCUT2D eigenvalue weighted by atomic mass is 127. The minimum absolute atomic E-state index is 0.112. The number of halogens is 1. The second kappa shape index (κ2) is 6.49. The van der Waals surface area contributed by atoms with Crippen molar-refractivity contribution in [2.45, 2.75) is 6.42 Å². The van der Waals surface area contributed by atoms with Crippen molar-refractivity contribution in [2.75, 3.05) is 5.32 Å². The number of hydrogen-bond donors (Lipinski definition) is 1. The van der Waals surface area contributed by atoms with Crippen LogP contribution in [0.25, 0.3) is 10.8 Å². The summed E-state index contributed by atoms with van der Waals surface area (Å²) in [6.45, 7) is 0. The Hall–Kier alpha value is -2.22. The monoisotopic (exact) mass is 419 g/mol. The molecule has 0 aliphatic carbocycles. The second-order valence-corrected chi connectivity index (χ2v) is 6.40. The number of aryl methyl sites for hydroxylation is 1. The van der Waals surface area contributed by atoms with Crippen molar-refractivity contribution in [3.05, 3.63) is 68.1 Å². The number of amides is 1. The Morgan fingerprint density at radius 2 is 1.78 bits per heavy atom. The molecule has 0 fully saturated rings. The second-order valence-electron chi connectivity index (χ2n) is 5.15. The van der Waals surface area contributed by atoms with Crippen molar-refractivity contribution < 1.29 is 4.79 Å². The van der Waals surface area contributed by atoms with Gasteiger partial charge in [0.25, 0.3) is 5.56 Å². The molecule has 0 unspecified atom stereocenters. The number of nitrogens with zero attached hydrogens (tertiary/aromatic N) is 2. The van der Waals surface area contributed by atoms with Crippen molar-refractivity contribution in [1.29, 1.82) is 0 Å². The number of anilines is 1. The molecule has 1 heterocycles. The van der Waals surface area contributed by atoms with Gasteiger partial charge in [-0.25, -0.2) is 4.68 Å². The quantitative estimate of drug-likeness (QED) is 0.665. The van der Waals surface area contributed by atoms with E-state index in [2.05, 4.69) is 33.0 Å². The molecule has 3 aromatic rings. The molecule has 1 amide bonds. The van der Waals surface area contributed by atoms with Gasteiger partial charge in [-0.15, -0.1) is 0 Å². The molecule has 3 rings (SSSR count). The summed E-state index contributed by atoms with van der Waals surface area (Å²) >= 11 is 2.21. The fourth-order valence-electron chi connectivity index (χ4n) is 2.40. The van der Waals surface area contributed by atoms with E-state index >= 15 is 0 Å². The van der Waals surface area contributed by atoms with Gasteiger partial charge in [-0.2, -0.15) is 5.10 Å². The van der Waals surface area contributed by atoms with Gasteiger partial charge < -0.3 is 5.32 Å². The third-order valence-electron chi connectivity index (χ3n) is 3.49. The third-order valence-corrected chi connectivity index (χ3v) is 4.21. The molecule has 0 atom stereocenters. The van der Waals surface area contributed by atoms with E-state index in [0.717, 1.165) is 9.26 Å². The van der Waals surface area contributed by atoms with E-state index in [0.29, 0.717) is 16.5 Å². The van der Waals surface area contributed by atoms with Crippen molar-refractivity contribution in [1.82, 2.24) is 9.78 Å². The number of nitrogens with one attached hydrogen (secondary N) is 1. The average Bonchev–Trinajstić information content (AvgIpc) is 2.54. The first-order valence-electron chi connectivity index (χ1n) is 7.05. The van der Waals surface area contributed by atoms with E-state index in [1.54, 1.807) is 19.2 Å². The smallest absolute Gasteiger partial charge is 0.274 e. The van der Waals surface area contributed by atoms with Crippen LogP contribution in [0.5, 0.6) is 0 Å². The highest BCUT2D eigenvalue weighted by molar-refractivity contribution is 14.1. The summed E-state index contributed by atoms with van der Waals surface area (Å²) in [5.74, 6) is -0.164. The van der Waals surface area contributed by atoms with Crippen LogP contribution < -0.4 is 10.9 Å². The topological polar surface area (TPSA) is 64.0 Å². The maximum Gasteiger partial charge on any atom is 0.274 e. The standard InChI is InChI=1S/C17H14IN3O2/c1-21-17(23)14-5-3-2-4-13(14)15(20-21)10-16(22)19-12-8-6-11(18)7-9-12/h2-9H,10H2,1H3,(H,19,22). The van der Waals surface area contributed by atoms with Crippen molar-refractivity contribution in [2.24, 2.45) is 7.05 Å². The van der Waals surface area contributed by atoms with Crippen molar-refractivity contribution >= 4 is 45.0 Å². The van der Waals surface area contributed by atoms with Crippen LogP contribution in [-0.4, -0.2) is 15.7 Å². The Labute approximate surface area is 146 Å². The van der Waals surface area contributed by atoms with Gasteiger partial charge in [0.05, 0.1) is 17.5 Å². The summed E-state index contributed by atoms with van der Waals surface area (Å²) in [4.78, 5) is 24.4. The number of rotatable bonds is 3. The Morgan fingerprint density at radius 1 is 1.13 bits per heavy atom. The van der Waals surface area contributed by atoms with E-state index < -0.39 is 0 Å². The minimum atomic E-state index is -0.164. The Kier molecular flexibility index (Phi) is 4.42. The summed E-state index contributed by atoms with van der Waals surface area (Å²) < 4.78 is 2.38. The van der Waals surface area contributed by atoms with Crippen LogP contribution in [0.2, 0.25) is 0 Å². The van der Waals surface area contributed by atoms with E-state index in [9.17, 15) is 9.59 Å². The Morgan fingerprint density at radius 3 is 2.48 bits per heavy atom. The van der Waals surface area contributed by atoms with Gasteiger partial charge in [-0.05, 0) is 52.9 Å². The molecule has 2 aromatic carbocycles. The highest BCUT2D eigenvalue weighted by Gasteiger charge is 2.12. The fourth-order valence-corrected chi connectivity index (χ4v) is 2.76. The molecule has 23 heavy (non-hydrogen) atoms. The lowest BCUT2D eigenvalue weighted by atomic mass is 10.1. The molecule has 0 aliphatic heterocycles. The SMILES string of the molecule is Cn1nc(CC(=O)Nc2ccc(I)cc2)c2ccccc2c1=O. The van der Waals surface area contributed by atoms with Gasteiger partial charge in [-0.1, -0.05) is 18.2 Å². The van der Waals surface area contributed by atoms with Gasteiger partial charge in [0, 0.05) is 21.7 Å². The largest absolute Gasteiger partial charge is 0.326 e. The van der Waals surface area contributed by atoms with E-state index in [4.69, 9.17) is 0 Å². The zero-order chi connectivity index (χ0) is 16.4. The van der Waals surface area contributed by atoms with Crippen LogP contribution in [0.3, 0.4) is 0 Å². The first-order chi connectivity index (χ1) is 11.0. The first-order valence-corrected chi connectivity index (χ1v) is 8.13. The molecule has 116 valence electrons. The summed E-state index contributed by atoms with van der Waals surface area (Å²) in [5, 5.41) is 8.37. The zero-order valence-electron chi connectivity index (χ0n) is 12.4. The molecule has 0 spiro atoms. The van der Waals surface area contributed by atoms with Crippen LogP contribution in [0.1, 0.15) is 5.69 Å². The normalized spacial score (nSPS) is 10.7. The van der Waals surface area contributed by atoms with Gasteiger partial charge in [0.15, 0.2) is 0 Å². The number of fused-ring (bicyclic) bond motifs is 1. The fraction of sp³-hybridized carbons (Fsp3) is 0.118. The number of benzene rings is 2. The van der Waals surface area contributed by atoms with E-state index in [1.807, 2.05) is 36.4 Å². The van der Waals surface area contributed by atoms with Crippen LogP contribution in [0.4, 0.5) is 5.69 Å². The molecular formula is C17H14IN3O2. The Bertz CT molecular complexity index is 933. The highest BCUT2D eigenvalue weighted by Crippen LogP contribution is 2.15. The number of carbonyl (C=O) groups excluding carboxylic acids is 1. The molecule has 0 saturated heterocycles. The van der Waals surface area contributed by atoms with Gasteiger partial charge >= 0.3 is 0 Å². The van der Waals surface area contributed by atoms with Gasteiger partial charge in [-0.3, -0.25) is 9.59 Å². The van der Waals surface area contributed by atoms with Crippen LogP contribution in [0, 0.1) is 3.57 Å². The maximum atomic E-state index is 12.3. The Balaban J connectivity index is 1.89. The lowest BCUT2D eigenvalue weighted by molar-refractivity contribution is -0.115. The maximum absolute atomic E-state index is 12.3.